The summed E-state index contributed by atoms with van der Waals surface area (Å²) in [6.45, 7) is 2.04. The van der Waals surface area contributed by atoms with Crippen LogP contribution in [0.2, 0.25) is 0 Å². The summed E-state index contributed by atoms with van der Waals surface area (Å²) in [4.78, 5) is 7.71. The third kappa shape index (κ3) is 2.51. The fourth-order valence-electron chi connectivity index (χ4n) is 2.35. The summed E-state index contributed by atoms with van der Waals surface area (Å²) >= 11 is 8.74. The molecule has 0 aliphatic carbocycles. The molecule has 0 saturated carbocycles. The Balaban J connectivity index is 2.34. The standard InChI is InChI=1S/C16H12BrFN2S/c1-2-13-14(17)16(21)20-15(19-13)11-7-8-12(18)10-6-4-3-5-9(10)11/h3-8H,2H2,1H3,(H,19,20,21). The number of aromatic nitrogens is 2. The minimum absolute atomic E-state index is 0.235. The highest BCUT2D eigenvalue weighted by Gasteiger charge is 2.11. The molecular formula is C16H12BrFN2S. The van der Waals surface area contributed by atoms with E-state index in [4.69, 9.17) is 12.2 Å². The predicted molar refractivity (Wildman–Crippen MR) is 89.4 cm³/mol. The SMILES string of the molecule is CCc1[nH]c(-c2ccc(F)c3ccccc23)nc(=S)c1Br. The molecule has 0 fully saturated rings. The van der Waals surface area contributed by atoms with Crippen molar-refractivity contribution in [3.8, 4) is 11.4 Å². The average Bonchev–Trinajstić information content (AvgIpc) is 2.51. The van der Waals surface area contributed by atoms with Gasteiger partial charge in [-0.1, -0.05) is 43.4 Å². The summed E-state index contributed by atoms with van der Waals surface area (Å²) in [6, 6.07) is 10.6. The molecule has 0 bridgehead atoms. The van der Waals surface area contributed by atoms with Crippen LogP contribution in [0, 0.1) is 10.5 Å². The van der Waals surface area contributed by atoms with Gasteiger partial charge in [0.1, 0.15) is 16.3 Å². The monoisotopic (exact) mass is 362 g/mol. The van der Waals surface area contributed by atoms with Gasteiger partial charge in [-0.25, -0.2) is 9.37 Å². The first-order chi connectivity index (χ1) is 10.1. The Morgan fingerprint density at radius 1 is 1.19 bits per heavy atom. The average molecular weight is 363 g/mol. The molecule has 2 aromatic carbocycles. The number of hydrogen-bond acceptors (Lipinski definition) is 2. The normalized spacial score (nSPS) is 11.0. The van der Waals surface area contributed by atoms with Crippen molar-refractivity contribution in [2.75, 3.05) is 0 Å². The van der Waals surface area contributed by atoms with Crippen molar-refractivity contribution < 1.29 is 4.39 Å². The Morgan fingerprint density at radius 3 is 2.62 bits per heavy atom. The largest absolute Gasteiger partial charge is 0.342 e. The zero-order valence-electron chi connectivity index (χ0n) is 11.3. The van der Waals surface area contributed by atoms with E-state index < -0.39 is 0 Å². The summed E-state index contributed by atoms with van der Waals surface area (Å²) in [7, 11) is 0. The summed E-state index contributed by atoms with van der Waals surface area (Å²) in [5.41, 5.74) is 1.83. The number of hydrogen-bond donors (Lipinski definition) is 1. The quantitative estimate of drug-likeness (QED) is 0.616. The topological polar surface area (TPSA) is 28.7 Å². The molecule has 3 rings (SSSR count). The number of H-pyrrole nitrogens is 1. The van der Waals surface area contributed by atoms with E-state index in [2.05, 4.69) is 25.9 Å². The minimum Gasteiger partial charge on any atom is -0.342 e. The van der Waals surface area contributed by atoms with Gasteiger partial charge in [-0.05, 0) is 39.9 Å². The molecule has 0 radical (unpaired) electrons. The van der Waals surface area contributed by atoms with Gasteiger partial charge in [0.2, 0.25) is 0 Å². The van der Waals surface area contributed by atoms with Crippen LogP contribution in [0.4, 0.5) is 4.39 Å². The van der Waals surface area contributed by atoms with Crippen LogP contribution < -0.4 is 0 Å². The van der Waals surface area contributed by atoms with Crippen molar-refractivity contribution >= 4 is 38.9 Å². The predicted octanol–water partition coefficient (Wildman–Crippen LogP) is 5.42. The lowest BCUT2D eigenvalue weighted by Gasteiger charge is -2.10. The highest BCUT2D eigenvalue weighted by molar-refractivity contribution is 9.10. The van der Waals surface area contributed by atoms with Crippen molar-refractivity contribution in [2.24, 2.45) is 0 Å². The third-order valence-electron chi connectivity index (χ3n) is 3.41. The Hall–Kier alpha value is -1.59. The van der Waals surface area contributed by atoms with Crippen LogP contribution in [-0.2, 0) is 6.42 Å². The molecule has 0 atom stereocenters. The zero-order chi connectivity index (χ0) is 15.0. The first-order valence-corrected chi connectivity index (χ1v) is 7.78. The highest BCUT2D eigenvalue weighted by atomic mass is 79.9. The van der Waals surface area contributed by atoms with Gasteiger partial charge in [0.25, 0.3) is 0 Å². The van der Waals surface area contributed by atoms with Gasteiger partial charge in [-0.2, -0.15) is 0 Å². The molecule has 2 nitrogen and oxygen atoms in total. The smallest absolute Gasteiger partial charge is 0.144 e. The summed E-state index contributed by atoms with van der Waals surface area (Å²) in [6.07, 6.45) is 0.804. The van der Waals surface area contributed by atoms with Crippen LogP contribution in [0.3, 0.4) is 0 Å². The summed E-state index contributed by atoms with van der Waals surface area (Å²) in [5, 5.41) is 1.40. The van der Waals surface area contributed by atoms with Gasteiger partial charge in [0.05, 0.1) is 4.47 Å². The van der Waals surface area contributed by atoms with Crippen LogP contribution in [0.15, 0.2) is 40.9 Å². The molecule has 0 aliphatic heterocycles. The maximum absolute atomic E-state index is 13.9. The molecule has 0 unspecified atom stereocenters. The number of nitrogens with zero attached hydrogens (tertiary/aromatic N) is 1. The van der Waals surface area contributed by atoms with Gasteiger partial charge < -0.3 is 4.98 Å². The molecule has 0 saturated heterocycles. The van der Waals surface area contributed by atoms with Gasteiger partial charge >= 0.3 is 0 Å². The lowest BCUT2D eigenvalue weighted by Crippen LogP contribution is -1.98. The molecule has 0 spiro atoms. The molecule has 1 heterocycles. The molecule has 21 heavy (non-hydrogen) atoms. The Morgan fingerprint density at radius 2 is 1.90 bits per heavy atom. The number of benzene rings is 2. The number of fused-ring (bicyclic) bond motifs is 1. The number of aromatic amines is 1. The molecule has 0 amide bonds. The van der Waals surface area contributed by atoms with E-state index in [0.29, 0.717) is 15.9 Å². The first kappa shape index (κ1) is 14.4. The van der Waals surface area contributed by atoms with Crippen molar-refractivity contribution in [3.63, 3.8) is 0 Å². The van der Waals surface area contributed by atoms with E-state index in [0.717, 1.165) is 27.5 Å². The maximum atomic E-state index is 13.9. The highest BCUT2D eigenvalue weighted by Crippen LogP contribution is 2.29. The van der Waals surface area contributed by atoms with E-state index in [9.17, 15) is 4.39 Å². The third-order valence-corrected chi connectivity index (χ3v) is 4.83. The Labute approximate surface area is 135 Å². The number of halogens is 2. The van der Waals surface area contributed by atoms with Crippen molar-refractivity contribution in [2.45, 2.75) is 13.3 Å². The Kier molecular flexibility index (Phi) is 3.87. The lowest BCUT2D eigenvalue weighted by molar-refractivity contribution is 0.640. The van der Waals surface area contributed by atoms with Crippen molar-refractivity contribution in [1.82, 2.24) is 9.97 Å². The zero-order valence-corrected chi connectivity index (χ0v) is 13.7. The number of nitrogens with one attached hydrogen (secondary N) is 1. The second-order valence-corrected chi connectivity index (χ2v) is 5.86. The first-order valence-electron chi connectivity index (χ1n) is 6.58. The van der Waals surface area contributed by atoms with E-state index in [1.165, 1.54) is 6.07 Å². The fraction of sp³-hybridized carbons (Fsp3) is 0.125. The van der Waals surface area contributed by atoms with Gasteiger partial charge in [0.15, 0.2) is 0 Å². The van der Waals surface area contributed by atoms with Gasteiger partial charge in [-0.3, -0.25) is 0 Å². The van der Waals surface area contributed by atoms with Gasteiger partial charge in [0, 0.05) is 16.6 Å². The minimum atomic E-state index is -0.235. The molecule has 3 aromatic rings. The van der Waals surface area contributed by atoms with E-state index in [1.54, 1.807) is 12.1 Å². The molecule has 1 N–H and O–H groups in total. The lowest BCUT2D eigenvalue weighted by atomic mass is 10.0. The maximum Gasteiger partial charge on any atom is 0.144 e. The van der Waals surface area contributed by atoms with Gasteiger partial charge in [-0.15, -0.1) is 0 Å². The number of aryl methyl sites for hydroxylation is 1. The van der Waals surface area contributed by atoms with Crippen LogP contribution in [0.1, 0.15) is 12.6 Å². The second-order valence-electron chi connectivity index (χ2n) is 4.68. The summed E-state index contributed by atoms with van der Waals surface area (Å²) in [5.74, 6) is 0.428. The van der Waals surface area contributed by atoms with E-state index in [-0.39, 0.29) is 5.82 Å². The Bertz CT molecular complexity index is 889. The number of rotatable bonds is 2. The molecule has 5 heteroatoms. The summed E-state index contributed by atoms with van der Waals surface area (Å²) < 4.78 is 15.2. The van der Waals surface area contributed by atoms with Crippen LogP contribution in [0.5, 0.6) is 0 Å². The molecule has 1 aromatic heterocycles. The van der Waals surface area contributed by atoms with Crippen molar-refractivity contribution in [3.05, 3.63) is 57.0 Å². The van der Waals surface area contributed by atoms with Crippen LogP contribution >= 0.6 is 28.1 Å². The molecule has 106 valence electrons. The van der Waals surface area contributed by atoms with Crippen LogP contribution in [-0.4, -0.2) is 9.97 Å². The molecule has 0 aliphatic rings. The fourth-order valence-corrected chi connectivity index (χ4v) is 3.03. The van der Waals surface area contributed by atoms with E-state index >= 15 is 0 Å². The van der Waals surface area contributed by atoms with Crippen molar-refractivity contribution in [1.29, 1.82) is 0 Å². The molecular weight excluding hydrogens is 351 g/mol. The van der Waals surface area contributed by atoms with Crippen LogP contribution in [0.25, 0.3) is 22.2 Å². The van der Waals surface area contributed by atoms with E-state index in [1.807, 2.05) is 25.1 Å². The second kappa shape index (κ2) is 5.66.